The number of hydrogen-bond donors (Lipinski definition) is 12. The van der Waals surface area contributed by atoms with Gasteiger partial charge in [-0.2, -0.15) is 0 Å². The molecule has 0 bridgehead atoms. The number of aromatic hydroxyl groups is 4. The van der Waals surface area contributed by atoms with Crippen LogP contribution in [0, 0.1) is 0 Å². The van der Waals surface area contributed by atoms with Crippen LogP contribution in [0.5, 0.6) is 23.0 Å². The number of esters is 1. The second-order valence-electron chi connectivity index (χ2n) is 12.8. The summed E-state index contributed by atoms with van der Waals surface area (Å²) in [6.07, 6.45) is -21.8. The number of ether oxygens (including phenoxy) is 7. The Morgan fingerprint density at radius 2 is 1.35 bits per heavy atom. The quantitative estimate of drug-likeness (QED) is 0.0532. The second-order valence-corrected chi connectivity index (χ2v) is 12.8. The van der Waals surface area contributed by atoms with Crippen LogP contribution < -0.4 is 0 Å². The van der Waals surface area contributed by atoms with E-state index in [4.69, 9.17) is 33.2 Å². The Bertz CT molecular complexity index is 1570. The van der Waals surface area contributed by atoms with Crippen molar-refractivity contribution >= 4 is 12.0 Å². The summed E-state index contributed by atoms with van der Waals surface area (Å²) in [7, 11) is 0. The molecular formula is C34H44O20. The van der Waals surface area contributed by atoms with E-state index in [1.807, 2.05) is 0 Å². The van der Waals surface area contributed by atoms with Crippen molar-refractivity contribution in [3.8, 4) is 23.0 Å². The highest BCUT2D eigenvalue weighted by Gasteiger charge is 2.54. The maximum atomic E-state index is 12.7. The van der Waals surface area contributed by atoms with Crippen molar-refractivity contribution in [2.45, 2.75) is 92.4 Å². The van der Waals surface area contributed by atoms with Crippen LogP contribution >= 0.6 is 0 Å². The Kier molecular flexibility index (Phi) is 14.0. The molecule has 20 nitrogen and oxygen atoms in total. The maximum absolute atomic E-state index is 12.7. The molecule has 20 heteroatoms. The number of carbonyl (C=O) groups is 1. The SMILES string of the molecule is O=C(C=Cc1ccc(O)c(O)c1)OC[C@H]1O[C@@H](OCCc2ccc(O)c(O)c2)[C@H](O[C@@H]2OC[C@H](O)[C@H](O)[C@H]2O)[C@@H](O[C@@H]2O[C@H](CO)[C@@H](O)[C@H](O)[C@H]2O)[C@@H]1O. The highest BCUT2D eigenvalue weighted by Crippen LogP contribution is 2.34. The first-order valence-electron chi connectivity index (χ1n) is 16.8. The molecule has 0 unspecified atom stereocenters. The molecular weight excluding hydrogens is 728 g/mol. The molecule has 3 aliphatic heterocycles. The largest absolute Gasteiger partial charge is 0.504 e. The molecule has 2 aromatic carbocycles. The summed E-state index contributed by atoms with van der Waals surface area (Å²) >= 11 is 0. The van der Waals surface area contributed by atoms with Crippen molar-refractivity contribution in [2.75, 3.05) is 26.4 Å². The lowest BCUT2D eigenvalue weighted by Crippen LogP contribution is -2.66. The van der Waals surface area contributed by atoms with Gasteiger partial charge in [0.05, 0.1) is 19.8 Å². The van der Waals surface area contributed by atoms with Crippen molar-refractivity contribution in [3.05, 3.63) is 53.6 Å². The van der Waals surface area contributed by atoms with Crippen LogP contribution in [0.1, 0.15) is 11.1 Å². The van der Waals surface area contributed by atoms with Gasteiger partial charge in [0.15, 0.2) is 41.9 Å². The molecule has 14 atom stereocenters. The molecule has 2 aromatic rings. The molecule has 0 aliphatic carbocycles. The molecule has 0 aromatic heterocycles. The molecule has 3 heterocycles. The zero-order chi connectivity index (χ0) is 39.3. The number of rotatable bonds is 13. The van der Waals surface area contributed by atoms with Gasteiger partial charge >= 0.3 is 5.97 Å². The number of benzene rings is 2. The predicted molar refractivity (Wildman–Crippen MR) is 175 cm³/mol. The van der Waals surface area contributed by atoms with Gasteiger partial charge in [-0.1, -0.05) is 12.1 Å². The molecule has 3 saturated heterocycles. The fraction of sp³-hybridized carbons (Fsp3) is 0.559. The van der Waals surface area contributed by atoms with E-state index in [0.29, 0.717) is 11.1 Å². The summed E-state index contributed by atoms with van der Waals surface area (Å²) in [5.74, 6) is -2.52. The zero-order valence-corrected chi connectivity index (χ0v) is 28.4. The van der Waals surface area contributed by atoms with E-state index in [1.54, 1.807) is 0 Å². The van der Waals surface area contributed by atoms with Gasteiger partial charge in [0, 0.05) is 6.08 Å². The number of aliphatic hydroxyl groups is 8. The van der Waals surface area contributed by atoms with Crippen LogP contribution in [-0.2, 0) is 44.4 Å². The minimum absolute atomic E-state index is 0.0892. The third-order valence-electron chi connectivity index (χ3n) is 9.02. The number of phenols is 4. The van der Waals surface area contributed by atoms with Gasteiger partial charge in [0.25, 0.3) is 0 Å². The van der Waals surface area contributed by atoms with Gasteiger partial charge in [0.2, 0.25) is 0 Å². The zero-order valence-electron chi connectivity index (χ0n) is 28.4. The van der Waals surface area contributed by atoms with E-state index >= 15 is 0 Å². The highest BCUT2D eigenvalue weighted by molar-refractivity contribution is 5.87. The van der Waals surface area contributed by atoms with Crippen LogP contribution in [0.2, 0.25) is 0 Å². The van der Waals surface area contributed by atoms with Gasteiger partial charge in [-0.25, -0.2) is 4.79 Å². The number of carbonyl (C=O) groups excluding carboxylic acids is 1. The van der Waals surface area contributed by atoms with E-state index in [-0.39, 0.29) is 24.5 Å². The van der Waals surface area contributed by atoms with Crippen molar-refractivity contribution < 1.29 is 99.2 Å². The average Bonchev–Trinajstić information content (AvgIpc) is 3.15. The number of aliphatic hydroxyl groups excluding tert-OH is 8. The topological polar surface area (TPSA) is 324 Å². The third kappa shape index (κ3) is 9.74. The average molecular weight is 773 g/mol. The number of phenolic OH excluding ortho intramolecular Hbond substituents is 4. The van der Waals surface area contributed by atoms with Gasteiger partial charge in [-0.3, -0.25) is 0 Å². The molecule has 3 fully saturated rings. The second kappa shape index (κ2) is 18.3. The van der Waals surface area contributed by atoms with Crippen molar-refractivity contribution in [1.82, 2.24) is 0 Å². The third-order valence-corrected chi connectivity index (χ3v) is 9.02. The molecule has 0 spiro atoms. The van der Waals surface area contributed by atoms with Crippen molar-refractivity contribution in [3.63, 3.8) is 0 Å². The minimum atomic E-state index is -1.96. The molecule has 0 radical (unpaired) electrons. The molecule has 3 aliphatic rings. The van der Waals surface area contributed by atoms with E-state index < -0.39 is 123 Å². The first-order chi connectivity index (χ1) is 25.7. The monoisotopic (exact) mass is 772 g/mol. The summed E-state index contributed by atoms with van der Waals surface area (Å²) in [4.78, 5) is 12.7. The molecule has 300 valence electrons. The predicted octanol–water partition coefficient (Wildman–Crippen LogP) is -3.58. The van der Waals surface area contributed by atoms with Gasteiger partial charge in [-0.15, -0.1) is 0 Å². The van der Waals surface area contributed by atoms with Crippen molar-refractivity contribution in [2.24, 2.45) is 0 Å². The van der Waals surface area contributed by atoms with E-state index in [0.717, 1.165) is 6.08 Å². The standard InChI is InChI=1S/C34H44O20/c35-11-21-25(43)27(45)29(47)33(51-21)53-30-26(44)22(13-49-23(41)6-3-14-1-4-16(36)18(38)9-14)52-34(48-8-7-15-2-5-17(37)19(39)10-15)31(30)54-32-28(46)24(42)20(40)12-50-32/h1-6,9-10,20-22,24-40,42-47H,7-8,11-13H2/t20-,21+,22+,24-,25+,26+,27-,28+,29+,30-,31+,32-,33-,34+/m0/s1. The smallest absolute Gasteiger partial charge is 0.330 e. The lowest BCUT2D eigenvalue weighted by molar-refractivity contribution is -0.386. The number of hydrogen-bond acceptors (Lipinski definition) is 20. The first kappa shape index (κ1) is 41.5. The molecule has 12 N–H and O–H groups in total. The van der Waals surface area contributed by atoms with Gasteiger partial charge in [0.1, 0.15) is 73.8 Å². The van der Waals surface area contributed by atoms with Gasteiger partial charge in [-0.05, 0) is 47.9 Å². The fourth-order valence-corrected chi connectivity index (χ4v) is 5.89. The Morgan fingerprint density at radius 1 is 0.704 bits per heavy atom. The summed E-state index contributed by atoms with van der Waals surface area (Å²) in [5.41, 5.74) is 0.819. The van der Waals surface area contributed by atoms with E-state index in [2.05, 4.69) is 0 Å². The normalized spacial score (nSPS) is 35.9. The molecule has 54 heavy (non-hydrogen) atoms. The summed E-state index contributed by atoms with van der Waals surface area (Å²) < 4.78 is 40.0. The van der Waals surface area contributed by atoms with E-state index in [1.165, 1.54) is 42.5 Å². The van der Waals surface area contributed by atoms with Crippen LogP contribution in [0.25, 0.3) is 6.08 Å². The van der Waals surface area contributed by atoms with Crippen LogP contribution in [0.4, 0.5) is 0 Å². The molecule has 0 saturated carbocycles. The van der Waals surface area contributed by atoms with Crippen LogP contribution in [-0.4, -0.2) is 180 Å². The Balaban J connectivity index is 1.41. The lowest BCUT2D eigenvalue weighted by atomic mass is 9.96. The minimum Gasteiger partial charge on any atom is -0.504 e. The molecule has 0 amide bonds. The Morgan fingerprint density at radius 3 is 2.04 bits per heavy atom. The summed E-state index contributed by atoms with van der Waals surface area (Å²) in [6, 6.07) is 7.81. The fourth-order valence-electron chi connectivity index (χ4n) is 5.89. The Labute approximate surface area is 306 Å². The van der Waals surface area contributed by atoms with E-state index in [9.17, 15) is 66.1 Å². The highest BCUT2D eigenvalue weighted by atomic mass is 16.8. The molecule has 5 rings (SSSR count). The lowest BCUT2D eigenvalue weighted by Gasteiger charge is -2.48. The maximum Gasteiger partial charge on any atom is 0.330 e. The first-order valence-corrected chi connectivity index (χ1v) is 16.8. The van der Waals surface area contributed by atoms with Crippen LogP contribution in [0.15, 0.2) is 42.5 Å². The van der Waals surface area contributed by atoms with Crippen LogP contribution in [0.3, 0.4) is 0 Å². The van der Waals surface area contributed by atoms with Crippen molar-refractivity contribution in [1.29, 1.82) is 0 Å². The van der Waals surface area contributed by atoms with Gasteiger partial charge < -0.3 is 94.4 Å². The summed E-state index contributed by atoms with van der Waals surface area (Å²) in [5, 5.41) is 123. The summed E-state index contributed by atoms with van der Waals surface area (Å²) in [6.45, 7) is -2.20. The Hall–Kier alpha value is -3.71.